The van der Waals surface area contributed by atoms with Crippen molar-refractivity contribution in [2.75, 3.05) is 14.2 Å². The zero-order chi connectivity index (χ0) is 23.9. The van der Waals surface area contributed by atoms with Gasteiger partial charge in [0.25, 0.3) is 0 Å². The zero-order valence-electron chi connectivity index (χ0n) is 19.2. The van der Waals surface area contributed by atoms with Crippen LogP contribution in [0.3, 0.4) is 0 Å². The van der Waals surface area contributed by atoms with Gasteiger partial charge in [-0.25, -0.2) is 14.5 Å². The van der Waals surface area contributed by atoms with E-state index in [-0.39, 0.29) is 11.7 Å². The summed E-state index contributed by atoms with van der Waals surface area (Å²) >= 11 is 0. The van der Waals surface area contributed by atoms with E-state index >= 15 is 0 Å². The fraction of sp³-hybridized carbons (Fsp3) is 0.148. The first kappa shape index (κ1) is 21.0. The SMILES string of the molecule is COc1ccc(Cc2nc3c4c(ncn3n2)Oc2cc(O)ccc2C4c2ccc(OC)cc2)cc1. The van der Waals surface area contributed by atoms with Crippen LogP contribution in [0.1, 0.15) is 34.0 Å². The Labute approximate surface area is 201 Å². The third-order valence-electron chi connectivity index (χ3n) is 6.20. The predicted molar refractivity (Wildman–Crippen MR) is 129 cm³/mol. The van der Waals surface area contributed by atoms with Crippen molar-refractivity contribution < 1.29 is 19.3 Å². The first-order chi connectivity index (χ1) is 17.1. The smallest absolute Gasteiger partial charge is 0.228 e. The highest BCUT2D eigenvalue weighted by atomic mass is 16.5. The van der Waals surface area contributed by atoms with Crippen LogP contribution in [0.5, 0.6) is 28.9 Å². The fourth-order valence-electron chi connectivity index (χ4n) is 4.49. The van der Waals surface area contributed by atoms with Crippen molar-refractivity contribution in [1.29, 1.82) is 0 Å². The number of hydrogen-bond acceptors (Lipinski definition) is 7. The summed E-state index contributed by atoms with van der Waals surface area (Å²) in [6, 6.07) is 20.9. The van der Waals surface area contributed by atoms with E-state index < -0.39 is 0 Å². The third-order valence-corrected chi connectivity index (χ3v) is 6.20. The second-order valence-corrected chi connectivity index (χ2v) is 8.31. The van der Waals surface area contributed by atoms with Gasteiger partial charge in [-0.2, -0.15) is 0 Å². The van der Waals surface area contributed by atoms with Gasteiger partial charge in [0.1, 0.15) is 29.3 Å². The van der Waals surface area contributed by atoms with Gasteiger partial charge < -0.3 is 19.3 Å². The molecule has 5 aromatic rings. The molecule has 3 heterocycles. The number of phenols is 1. The average Bonchev–Trinajstić information content (AvgIpc) is 3.30. The highest BCUT2D eigenvalue weighted by molar-refractivity contribution is 5.66. The van der Waals surface area contributed by atoms with Gasteiger partial charge in [0.15, 0.2) is 11.5 Å². The molecule has 8 heteroatoms. The number of aromatic nitrogens is 4. The van der Waals surface area contributed by atoms with Crippen LogP contribution < -0.4 is 14.2 Å². The van der Waals surface area contributed by atoms with Crippen molar-refractivity contribution in [3.63, 3.8) is 0 Å². The molecule has 6 rings (SSSR count). The van der Waals surface area contributed by atoms with Crippen molar-refractivity contribution >= 4 is 5.65 Å². The normalized spacial score (nSPS) is 14.2. The first-order valence-corrected chi connectivity index (χ1v) is 11.1. The maximum Gasteiger partial charge on any atom is 0.228 e. The number of aromatic hydroxyl groups is 1. The van der Waals surface area contributed by atoms with E-state index in [4.69, 9.17) is 19.2 Å². The minimum atomic E-state index is -0.213. The second kappa shape index (κ2) is 8.32. The van der Waals surface area contributed by atoms with E-state index in [1.165, 1.54) is 0 Å². The van der Waals surface area contributed by atoms with Gasteiger partial charge in [-0.05, 0) is 41.5 Å². The quantitative estimate of drug-likeness (QED) is 0.393. The molecule has 0 amide bonds. The molecule has 0 saturated heterocycles. The number of hydrogen-bond donors (Lipinski definition) is 1. The topological polar surface area (TPSA) is 91.0 Å². The van der Waals surface area contributed by atoms with E-state index in [1.54, 1.807) is 37.2 Å². The number of rotatable bonds is 5. The minimum Gasteiger partial charge on any atom is -0.508 e. The average molecular weight is 466 g/mol. The van der Waals surface area contributed by atoms with Crippen molar-refractivity contribution in [3.8, 4) is 28.9 Å². The largest absolute Gasteiger partial charge is 0.508 e. The predicted octanol–water partition coefficient (Wildman–Crippen LogP) is 4.72. The molecule has 2 aromatic heterocycles. The Morgan fingerprint density at radius 1 is 0.943 bits per heavy atom. The molecule has 174 valence electrons. The second-order valence-electron chi connectivity index (χ2n) is 8.31. The van der Waals surface area contributed by atoms with Crippen LogP contribution in [0.25, 0.3) is 5.65 Å². The molecule has 3 aromatic carbocycles. The van der Waals surface area contributed by atoms with Gasteiger partial charge >= 0.3 is 0 Å². The minimum absolute atomic E-state index is 0.131. The van der Waals surface area contributed by atoms with Crippen LogP contribution in [-0.4, -0.2) is 38.9 Å². The van der Waals surface area contributed by atoms with Crippen molar-refractivity contribution in [2.45, 2.75) is 12.3 Å². The molecule has 0 radical (unpaired) electrons. The lowest BCUT2D eigenvalue weighted by Crippen LogP contribution is -2.15. The van der Waals surface area contributed by atoms with E-state index in [0.29, 0.717) is 29.5 Å². The molecule has 35 heavy (non-hydrogen) atoms. The van der Waals surface area contributed by atoms with Crippen molar-refractivity contribution in [2.24, 2.45) is 0 Å². The zero-order valence-corrected chi connectivity index (χ0v) is 19.2. The highest BCUT2D eigenvalue weighted by Gasteiger charge is 2.33. The van der Waals surface area contributed by atoms with Gasteiger partial charge in [-0.3, -0.25) is 0 Å². The van der Waals surface area contributed by atoms with Gasteiger partial charge in [-0.15, -0.1) is 5.10 Å². The van der Waals surface area contributed by atoms with Crippen LogP contribution >= 0.6 is 0 Å². The molecule has 8 nitrogen and oxygen atoms in total. The Hall–Kier alpha value is -4.59. The molecular formula is C27H22N4O4. The van der Waals surface area contributed by atoms with Gasteiger partial charge in [0, 0.05) is 24.0 Å². The first-order valence-electron chi connectivity index (χ1n) is 11.1. The maximum absolute atomic E-state index is 10.1. The molecule has 1 atom stereocenters. The summed E-state index contributed by atoms with van der Waals surface area (Å²) in [5.74, 6) is 3.18. The van der Waals surface area contributed by atoms with Crippen LogP contribution in [-0.2, 0) is 6.42 Å². The Bertz CT molecular complexity index is 1530. The lowest BCUT2D eigenvalue weighted by molar-refractivity contribution is 0.414. The number of nitrogens with zero attached hydrogens (tertiary/aromatic N) is 4. The molecule has 0 spiro atoms. The third kappa shape index (κ3) is 3.69. The van der Waals surface area contributed by atoms with E-state index in [9.17, 15) is 5.11 Å². The van der Waals surface area contributed by atoms with Gasteiger partial charge in [0.2, 0.25) is 5.88 Å². The Morgan fingerprint density at radius 2 is 1.66 bits per heavy atom. The standard InChI is InChI=1S/C27H22N4O4/c1-33-19-8-3-16(4-9-19)13-23-29-26-25-24(17-5-10-20(34-2)11-6-17)21-12-7-18(32)14-22(21)35-27(25)28-15-31(26)30-23/h3-12,14-15,24,32H,13H2,1-2H3. The maximum atomic E-state index is 10.1. The van der Waals surface area contributed by atoms with Crippen LogP contribution in [0.15, 0.2) is 73.1 Å². The molecule has 0 aliphatic carbocycles. The summed E-state index contributed by atoms with van der Waals surface area (Å²) in [5, 5.41) is 14.7. The lowest BCUT2D eigenvalue weighted by Gasteiger charge is -2.28. The summed E-state index contributed by atoms with van der Waals surface area (Å²) in [6.45, 7) is 0. The Kier molecular flexibility index (Phi) is 4.99. The monoisotopic (exact) mass is 466 g/mol. The van der Waals surface area contributed by atoms with Gasteiger partial charge in [-0.1, -0.05) is 30.3 Å². The number of benzene rings is 3. The van der Waals surface area contributed by atoms with Crippen molar-refractivity contribution in [3.05, 3.63) is 101 Å². The Balaban J connectivity index is 1.48. The number of fused-ring (bicyclic) bond motifs is 4. The number of ether oxygens (including phenoxy) is 3. The summed E-state index contributed by atoms with van der Waals surface area (Å²) in [6.07, 6.45) is 2.18. The summed E-state index contributed by atoms with van der Waals surface area (Å²) in [5.41, 5.74) is 4.52. The molecule has 0 fully saturated rings. The highest BCUT2D eigenvalue weighted by Crippen LogP contribution is 2.48. The molecule has 0 bridgehead atoms. The van der Waals surface area contributed by atoms with E-state index in [0.717, 1.165) is 33.8 Å². The Morgan fingerprint density at radius 3 is 2.37 bits per heavy atom. The summed E-state index contributed by atoms with van der Waals surface area (Å²) < 4.78 is 18.4. The van der Waals surface area contributed by atoms with Crippen LogP contribution in [0.2, 0.25) is 0 Å². The fourth-order valence-corrected chi connectivity index (χ4v) is 4.49. The van der Waals surface area contributed by atoms with Crippen LogP contribution in [0.4, 0.5) is 0 Å². The molecular weight excluding hydrogens is 444 g/mol. The summed E-state index contributed by atoms with van der Waals surface area (Å²) in [4.78, 5) is 9.43. The van der Waals surface area contributed by atoms with Gasteiger partial charge in [0.05, 0.1) is 19.8 Å². The molecule has 1 aliphatic rings. The van der Waals surface area contributed by atoms with Crippen LogP contribution in [0, 0.1) is 0 Å². The molecule has 0 saturated carbocycles. The number of methoxy groups -OCH3 is 2. The lowest BCUT2D eigenvalue weighted by atomic mass is 9.84. The molecule has 1 unspecified atom stereocenters. The molecule has 1 aliphatic heterocycles. The number of phenolic OH excluding ortho intramolecular Hbond substituents is 1. The summed E-state index contributed by atoms with van der Waals surface area (Å²) in [7, 11) is 3.29. The molecule has 1 N–H and O–H groups in total. The van der Waals surface area contributed by atoms with E-state index in [1.807, 2.05) is 54.6 Å². The van der Waals surface area contributed by atoms with Crippen molar-refractivity contribution in [1.82, 2.24) is 19.6 Å². The van der Waals surface area contributed by atoms with E-state index in [2.05, 4.69) is 10.1 Å².